The number of hydrogen-bond donors (Lipinski definition) is 3. The molecule has 4 N–H and O–H groups in total. The summed E-state index contributed by atoms with van der Waals surface area (Å²) in [6.45, 7) is 2.34. The maximum absolute atomic E-state index is 12.2. The third-order valence-electron chi connectivity index (χ3n) is 3.49. The summed E-state index contributed by atoms with van der Waals surface area (Å²) in [4.78, 5) is 17.3. The lowest BCUT2D eigenvalue weighted by atomic mass is 9.67. The molecule has 6 nitrogen and oxygen atoms in total. The number of hydrogen-bond acceptors (Lipinski definition) is 5. The minimum Gasteiger partial charge on any atom is -0.409 e. The number of amides is 1. The van der Waals surface area contributed by atoms with E-state index in [0.717, 1.165) is 17.0 Å². The maximum Gasteiger partial charge on any atom is 0.234 e. The van der Waals surface area contributed by atoms with Crippen molar-refractivity contribution in [2.24, 2.45) is 16.3 Å². The summed E-state index contributed by atoms with van der Waals surface area (Å²) in [7, 11) is 0. The SMILES string of the molecule is Cc1ncsc1CNC(=O)C1(C(N)=NO)CCC1. The van der Waals surface area contributed by atoms with Crippen LogP contribution < -0.4 is 11.1 Å². The second-order valence-corrected chi connectivity index (χ2v) is 5.40. The summed E-state index contributed by atoms with van der Waals surface area (Å²) in [6.07, 6.45) is 2.19. The zero-order chi connectivity index (χ0) is 13.2. The molecule has 0 saturated heterocycles. The van der Waals surface area contributed by atoms with E-state index in [0.29, 0.717) is 19.4 Å². The molecule has 0 atom stereocenters. The molecule has 7 heteroatoms. The molecule has 1 fully saturated rings. The van der Waals surface area contributed by atoms with Crippen LogP contribution in [0.15, 0.2) is 10.7 Å². The Morgan fingerprint density at radius 3 is 2.89 bits per heavy atom. The van der Waals surface area contributed by atoms with E-state index < -0.39 is 5.41 Å². The number of thiazole rings is 1. The molecule has 1 aliphatic carbocycles. The summed E-state index contributed by atoms with van der Waals surface area (Å²) in [6, 6.07) is 0. The van der Waals surface area contributed by atoms with Crippen molar-refractivity contribution in [3.8, 4) is 0 Å². The number of nitrogens with zero attached hydrogens (tertiary/aromatic N) is 2. The quantitative estimate of drug-likeness (QED) is 0.328. The van der Waals surface area contributed by atoms with Crippen molar-refractivity contribution in [2.45, 2.75) is 32.7 Å². The van der Waals surface area contributed by atoms with Crippen LogP contribution >= 0.6 is 11.3 Å². The van der Waals surface area contributed by atoms with Gasteiger partial charge in [-0.05, 0) is 19.8 Å². The normalized spacial score (nSPS) is 18.2. The number of nitrogens with two attached hydrogens (primary N) is 1. The highest BCUT2D eigenvalue weighted by molar-refractivity contribution is 7.09. The van der Waals surface area contributed by atoms with Gasteiger partial charge in [0, 0.05) is 4.88 Å². The van der Waals surface area contributed by atoms with Gasteiger partial charge >= 0.3 is 0 Å². The number of carbonyl (C=O) groups excluding carboxylic acids is 1. The molecule has 1 aromatic heterocycles. The zero-order valence-electron chi connectivity index (χ0n) is 10.1. The van der Waals surface area contributed by atoms with E-state index in [-0.39, 0.29) is 11.7 Å². The first kappa shape index (κ1) is 12.8. The smallest absolute Gasteiger partial charge is 0.234 e. The summed E-state index contributed by atoms with van der Waals surface area (Å²) >= 11 is 1.51. The number of aryl methyl sites for hydroxylation is 1. The Morgan fingerprint density at radius 1 is 1.72 bits per heavy atom. The summed E-state index contributed by atoms with van der Waals surface area (Å²) < 4.78 is 0. The molecule has 1 amide bonds. The number of nitrogens with one attached hydrogen (secondary N) is 1. The summed E-state index contributed by atoms with van der Waals surface area (Å²) in [5.74, 6) is -0.163. The van der Waals surface area contributed by atoms with Gasteiger partial charge in [-0.15, -0.1) is 11.3 Å². The van der Waals surface area contributed by atoms with Crippen LogP contribution in [0.5, 0.6) is 0 Å². The van der Waals surface area contributed by atoms with Crippen molar-refractivity contribution in [3.63, 3.8) is 0 Å². The summed E-state index contributed by atoms with van der Waals surface area (Å²) in [5.41, 5.74) is 7.48. The van der Waals surface area contributed by atoms with Crippen molar-refractivity contribution in [3.05, 3.63) is 16.1 Å². The molecule has 1 saturated carbocycles. The molecule has 0 radical (unpaired) electrons. The van der Waals surface area contributed by atoms with Crippen molar-refractivity contribution in [1.29, 1.82) is 0 Å². The van der Waals surface area contributed by atoms with E-state index in [1.165, 1.54) is 11.3 Å². The first-order valence-electron chi connectivity index (χ1n) is 5.75. The van der Waals surface area contributed by atoms with Crippen molar-refractivity contribution < 1.29 is 10.0 Å². The average Bonchev–Trinajstić information content (AvgIpc) is 2.70. The van der Waals surface area contributed by atoms with Gasteiger partial charge in [0.2, 0.25) is 5.91 Å². The number of carbonyl (C=O) groups is 1. The topological polar surface area (TPSA) is 101 Å². The van der Waals surface area contributed by atoms with Crippen LogP contribution in [-0.2, 0) is 11.3 Å². The van der Waals surface area contributed by atoms with Crippen LogP contribution in [-0.4, -0.2) is 21.9 Å². The van der Waals surface area contributed by atoms with Crippen LogP contribution in [0.4, 0.5) is 0 Å². The highest BCUT2D eigenvalue weighted by Gasteiger charge is 2.48. The van der Waals surface area contributed by atoms with Crippen LogP contribution in [0, 0.1) is 12.3 Å². The molecule has 0 spiro atoms. The fraction of sp³-hybridized carbons (Fsp3) is 0.545. The lowest BCUT2D eigenvalue weighted by Crippen LogP contribution is -2.53. The minimum atomic E-state index is -0.812. The predicted octanol–water partition coefficient (Wildman–Crippen LogP) is 0.984. The number of rotatable bonds is 4. The molecular weight excluding hydrogens is 252 g/mol. The van der Waals surface area contributed by atoms with Crippen LogP contribution in [0.1, 0.15) is 29.8 Å². The van der Waals surface area contributed by atoms with Crippen molar-refractivity contribution in [1.82, 2.24) is 10.3 Å². The molecular formula is C11H16N4O2S. The number of aromatic nitrogens is 1. The van der Waals surface area contributed by atoms with Gasteiger partial charge in [0.15, 0.2) is 5.84 Å². The van der Waals surface area contributed by atoms with E-state index in [1.807, 2.05) is 6.92 Å². The van der Waals surface area contributed by atoms with E-state index >= 15 is 0 Å². The Bertz CT molecular complexity index is 479. The zero-order valence-corrected chi connectivity index (χ0v) is 11.0. The minimum absolute atomic E-state index is 0.00674. The van der Waals surface area contributed by atoms with Crippen LogP contribution in [0.25, 0.3) is 0 Å². The second kappa shape index (κ2) is 4.93. The molecule has 2 rings (SSSR count). The molecule has 0 unspecified atom stereocenters. The molecule has 1 aromatic rings. The van der Waals surface area contributed by atoms with E-state index in [2.05, 4.69) is 15.5 Å². The van der Waals surface area contributed by atoms with Gasteiger partial charge in [-0.2, -0.15) is 0 Å². The third kappa shape index (κ3) is 2.05. The Hall–Kier alpha value is -1.63. The van der Waals surface area contributed by atoms with Crippen molar-refractivity contribution in [2.75, 3.05) is 0 Å². The highest BCUT2D eigenvalue weighted by Crippen LogP contribution is 2.41. The lowest BCUT2D eigenvalue weighted by molar-refractivity contribution is -0.131. The molecule has 0 aromatic carbocycles. The second-order valence-electron chi connectivity index (χ2n) is 4.46. The van der Waals surface area contributed by atoms with Gasteiger partial charge < -0.3 is 16.3 Å². The third-order valence-corrected chi connectivity index (χ3v) is 4.43. The Balaban J connectivity index is 2.01. The van der Waals surface area contributed by atoms with Crippen LogP contribution in [0.3, 0.4) is 0 Å². The Morgan fingerprint density at radius 2 is 2.44 bits per heavy atom. The van der Waals surface area contributed by atoms with Crippen LogP contribution in [0.2, 0.25) is 0 Å². The first-order valence-corrected chi connectivity index (χ1v) is 6.63. The average molecular weight is 268 g/mol. The fourth-order valence-electron chi connectivity index (χ4n) is 2.05. The number of amidine groups is 1. The molecule has 1 aliphatic rings. The summed E-state index contributed by atoms with van der Waals surface area (Å²) in [5, 5.41) is 14.6. The molecule has 18 heavy (non-hydrogen) atoms. The van der Waals surface area contributed by atoms with E-state index in [1.54, 1.807) is 5.51 Å². The van der Waals surface area contributed by atoms with Crippen molar-refractivity contribution >= 4 is 23.1 Å². The monoisotopic (exact) mass is 268 g/mol. The Labute approximate surface area is 109 Å². The largest absolute Gasteiger partial charge is 0.409 e. The standard InChI is InChI=1S/C11H16N4O2S/c1-7-8(18-6-14-7)5-13-10(16)11(3-2-4-11)9(12)15-17/h6,17H,2-5H2,1H3,(H2,12,15)(H,13,16). The highest BCUT2D eigenvalue weighted by atomic mass is 32.1. The Kier molecular flexibility index (Phi) is 3.51. The molecule has 0 aliphatic heterocycles. The number of oxime groups is 1. The molecule has 98 valence electrons. The van der Waals surface area contributed by atoms with E-state index in [9.17, 15) is 4.79 Å². The first-order chi connectivity index (χ1) is 8.60. The van der Waals surface area contributed by atoms with Gasteiger partial charge in [-0.3, -0.25) is 4.79 Å². The maximum atomic E-state index is 12.2. The lowest BCUT2D eigenvalue weighted by Gasteiger charge is -2.38. The van der Waals surface area contributed by atoms with Gasteiger partial charge in [0.1, 0.15) is 5.41 Å². The van der Waals surface area contributed by atoms with Gasteiger partial charge in [-0.25, -0.2) is 4.98 Å². The van der Waals surface area contributed by atoms with Gasteiger partial charge in [0.25, 0.3) is 0 Å². The predicted molar refractivity (Wildman–Crippen MR) is 68.4 cm³/mol. The van der Waals surface area contributed by atoms with Gasteiger partial charge in [-0.1, -0.05) is 11.6 Å². The molecule has 0 bridgehead atoms. The molecule has 1 heterocycles. The van der Waals surface area contributed by atoms with Gasteiger partial charge in [0.05, 0.1) is 17.7 Å². The fourth-order valence-corrected chi connectivity index (χ4v) is 2.77. The van der Waals surface area contributed by atoms with E-state index in [4.69, 9.17) is 10.9 Å².